The van der Waals surface area contributed by atoms with Gasteiger partial charge in [0, 0.05) is 6.08 Å². The molecule has 54 valence electrons. The highest BCUT2D eigenvalue weighted by Gasteiger charge is 2.07. The quantitative estimate of drug-likeness (QED) is 0.544. The molecule has 0 aromatic rings. The van der Waals surface area contributed by atoms with E-state index in [4.69, 9.17) is 4.74 Å². The molecule has 0 aromatic carbocycles. The molecule has 0 aromatic heterocycles. The lowest BCUT2D eigenvalue weighted by Crippen LogP contribution is -1.89. The van der Waals surface area contributed by atoms with Crippen molar-refractivity contribution in [3.05, 3.63) is 24.0 Å². The van der Waals surface area contributed by atoms with E-state index < -0.39 is 0 Å². The predicted octanol–water partition coefficient (Wildman–Crippen LogP) is 1.78. The van der Waals surface area contributed by atoms with Gasteiger partial charge in [0.25, 0.3) is 0 Å². The number of rotatable bonds is 2. The second kappa shape index (κ2) is 3.20. The van der Waals surface area contributed by atoms with Crippen LogP contribution in [-0.4, -0.2) is 5.97 Å². The zero-order valence-corrected chi connectivity index (χ0v) is 5.96. The van der Waals surface area contributed by atoms with Gasteiger partial charge in [0.2, 0.25) is 0 Å². The number of hydrogen-bond donors (Lipinski definition) is 0. The van der Waals surface area contributed by atoms with Gasteiger partial charge in [-0.25, -0.2) is 4.79 Å². The van der Waals surface area contributed by atoms with Crippen molar-refractivity contribution in [1.29, 1.82) is 0 Å². The van der Waals surface area contributed by atoms with Crippen molar-refractivity contribution in [2.45, 2.75) is 19.8 Å². The van der Waals surface area contributed by atoms with Gasteiger partial charge in [0.15, 0.2) is 0 Å². The average Bonchev–Trinajstić information content (AvgIpc) is 2.31. The lowest BCUT2D eigenvalue weighted by Gasteiger charge is -1.92. The van der Waals surface area contributed by atoms with Crippen molar-refractivity contribution in [1.82, 2.24) is 0 Å². The van der Waals surface area contributed by atoms with Crippen molar-refractivity contribution in [3.63, 3.8) is 0 Å². The Kier molecular flexibility index (Phi) is 2.26. The van der Waals surface area contributed by atoms with E-state index in [9.17, 15) is 4.79 Å². The summed E-state index contributed by atoms with van der Waals surface area (Å²) in [7, 11) is 0. The van der Waals surface area contributed by atoms with Crippen LogP contribution in [0.2, 0.25) is 0 Å². The Hall–Kier alpha value is -1.05. The second-order valence-corrected chi connectivity index (χ2v) is 2.15. The van der Waals surface area contributed by atoms with E-state index in [0.29, 0.717) is 5.76 Å². The molecule has 0 bridgehead atoms. The van der Waals surface area contributed by atoms with Crippen LogP contribution in [0.15, 0.2) is 24.0 Å². The summed E-state index contributed by atoms with van der Waals surface area (Å²) in [5, 5.41) is 0. The van der Waals surface area contributed by atoms with E-state index in [-0.39, 0.29) is 5.97 Å². The minimum Gasteiger partial charge on any atom is -0.424 e. The highest BCUT2D eigenvalue weighted by atomic mass is 16.5. The summed E-state index contributed by atoms with van der Waals surface area (Å²) in [6.07, 6.45) is 7.09. The van der Waals surface area contributed by atoms with Crippen molar-refractivity contribution in [2.24, 2.45) is 0 Å². The molecule has 1 aliphatic rings. The molecule has 0 amide bonds. The van der Waals surface area contributed by atoms with Crippen LogP contribution < -0.4 is 0 Å². The standard InChI is InChI=1S/C8H10O2/c1-2-3-4-7-5-6-8(9)10-7/h4-6H,2-3H2,1H3/b7-4-. The number of hydrogen-bond acceptors (Lipinski definition) is 2. The first-order valence-electron chi connectivity index (χ1n) is 3.43. The molecule has 0 saturated heterocycles. The van der Waals surface area contributed by atoms with Crippen molar-refractivity contribution >= 4 is 5.97 Å². The molecule has 2 nitrogen and oxygen atoms in total. The Bertz CT molecular complexity index is 189. The molecule has 0 saturated carbocycles. The summed E-state index contributed by atoms with van der Waals surface area (Å²) in [4.78, 5) is 10.5. The van der Waals surface area contributed by atoms with Crippen LogP contribution in [0.25, 0.3) is 0 Å². The van der Waals surface area contributed by atoms with Gasteiger partial charge in [-0.1, -0.05) is 13.3 Å². The van der Waals surface area contributed by atoms with Crippen LogP contribution in [-0.2, 0) is 9.53 Å². The van der Waals surface area contributed by atoms with Crippen LogP contribution in [0.4, 0.5) is 0 Å². The Morgan fingerprint density at radius 3 is 2.90 bits per heavy atom. The molecule has 0 N–H and O–H groups in total. The lowest BCUT2D eigenvalue weighted by molar-refractivity contribution is -0.132. The first-order valence-corrected chi connectivity index (χ1v) is 3.43. The maximum Gasteiger partial charge on any atom is 0.336 e. The monoisotopic (exact) mass is 138 g/mol. The number of allylic oxidation sites excluding steroid dienone is 2. The van der Waals surface area contributed by atoms with Gasteiger partial charge >= 0.3 is 5.97 Å². The van der Waals surface area contributed by atoms with Crippen LogP contribution in [0.5, 0.6) is 0 Å². The SMILES string of the molecule is CCC/C=C1/C=CC(=O)O1. The van der Waals surface area contributed by atoms with Crippen LogP contribution >= 0.6 is 0 Å². The number of unbranched alkanes of at least 4 members (excludes halogenated alkanes) is 1. The molecule has 1 heterocycles. The number of cyclic esters (lactones) is 1. The second-order valence-electron chi connectivity index (χ2n) is 2.15. The fourth-order valence-corrected chi connectivity index (χ4v) is 0.731. The molecule has 10 heavy (non-hydrogen) atoms. The van der Waals surface area contributed by atoms with Crippen molar-refractivity contribution in [2.75, 3.05) is 0 Å². The van der Waals surface area contributed by atoms with E-state index in [0.717, 1.165) is 12.8 Å². The third-order valence-electron chi connectivity index (χ3n) is 1.24. The van der Waals surface area contributed by atoms with Crippen molar-refractivity contribution in [3.8, 4) is 0 Å². The van der Waals surface area contributed by atoms with Gasteiger partial charge in [0.1, 0.15) is 5.76 Å². The summed E-state index contributed by atoms with van der Waals surface area (Å²) < 4.78 is 4.77. The van der Waals surface area contributed by atoms with E-state index >= 15 is 0 Å². The van der Waals surface area contributed by atoms with E-state index in [1.807, 2.05) is 6.08 Å². The van der Waals surface area contributed by atoms with Gasteiger partial charge in [0.05, 0.1) is 0 Å². The number of ether oxygens (including phenoxy) is 1. The summed E-state index contributed by atoms with van der Waals surface area (Å²) in [6, 6.07) is 0. The zero-order valence-electron chi connectivity index (χ0n) is 5.96. The van der Waals surface area contributed by atoms with Crippen LogP contribution in [0, 0.1) is 0 Å². The number of esters is 1. The first kappa shape index (κ1) is 7.06. The van der Waals surface area contributed by atoms with E-state index in [1.165, 1.54) is 6.08 Å². The summed E-state index contributed by atoms with van der Waals surface area (Å²) in [5.41, 5.74) is 0. The Morgan fingerprint density at radius 2 is 2.40 bits per heavy atom. The highest BCUT2D eigenvalue weighted by Crippen LogP contribution is 2.09. The number of carbonyl (C=O) groups excluding carboxylic acids is 1. The third-order valence-corrected chi connectivity index (χ3v) is 1.24. The molecule has 0 unspecified atom stereocenters. The molecule has 2 heteroatoms. The van der Waals surface area contributed by atoms with Crippen LogP contribution in [0.1, 0.15) is 19.8 Å². The minimum absolute atomic E-state index is 0.262. The summed E-state index contributed by atoms with van der Waals surface area (Å²) >= 11 is 0. The minimum atomic E-state index is -0.262. The maximum atomic E-state index is 10.5. The fourth-order valence-electron chi connectivity index (χ4n) is 0.731. The average molecular weight is 138 g/mol. The fraction of sp³-hybridized carbons (Fsp3) is 0.375. The largest absolute Gasteiger partial charge is 0.424 e. The third kappa shape index (κ3) is 1.72. The van der Waals surface area contributed by atoms with Gasteiger partial charge < -0.3 is 4.74 Å². The van der Waals surface area contributed by atoms with Gasteiger partial charge in [-0.05, 0) is 18.6 Å². The van der Waals surface area contributed by atoms with Gasteiger partial charge in [-0.15, -0.1) is 0 Å². The molecule has 0 fully saturated rings. The summed E-state index contributed by atoms with van der Waals surface area (Å²) in [5.74, 6) is 0.425. The number of carbonyl (C=O) groups is 1. The molecule has 0 aliphatic carbocycles. The van der Waals surface area contributed by atoms with E-state index in [1.54, 1.807) is 6.08 Å². The van der Waals surface area contributed by atoms with E-state index in [2.05, 4.69) is 6.92 Å². The Morgan fingerprint density at radius 1 is 1.60 bits per heavy atom. The Labute approximate surface area is 60.2 Å². The first-order chi connectivity index (χ1) is 4.83. The highest BCUT2D eigenvalue weighted by molar-refractivity contribution is 5.86. The normalized spacial score (nSPS) is 20.1. The molecule has 1 aliphatic heterocycles. The zero-order chi connectivity index (χ0) is 7.40. The molecule has 0 spiro atoms. The molecule has 0 atom stereocenters. The molecule has 1 rings (SSSR count). The molecular formula is C8H10O2. The predicted molar refractivity (Wildman–Crippen MR) is 38.2 cm³/mol. The van der Waals surface area contributed by atoms with Gasteiger partial charge in [-0.3, -0.25) is 0 Å². The van der Waals surface area contributed by atoms with Crippen molar-refractivity contribution < 1.29 is 9.53 Å². The van der Waals surface area contributed by atoms with Crippen LogP contribution in [0.3, 0.4) is 0 Å². The maximum absolute atomic E-state index is 10.5. The summed E-state index contributed by atoms with van der Waals surface area (Å²) in [6.45, 7) is 2.08. The molecular weight excluding hydrogens is 128 g/mol. The lowest BCUT2D eigenvalue weighted by atomic mass is 10.3. The Balaban J connectivity index is 2.45. The smallest absolute Gasteiger partial charge is 0.336 e. The molecule has 0 radical (unpaired) electrons. The van der Waals surface area contributed by atoms with Gasteiger partial charge in [-0.2, -0.15) is 0 Å². The topological polar surface area (TPSA) is 26.3 Å².